The van der Waals surface area contributed by atoms with Gasteiger partial charge in [-0.25, -0.2) is 0 Å². The average Bonchev–Trinajstić information content (AvgIpc) is 2.10. The fourth-order valence-corrected chi connectivity index (χ4v) is 2.20. The topological polar surface area (TPSA) is 54.4 Å². The maximum atomic E-state index is 11.3. The molecule has 0 saturated heterocycles. The molecule has 1 N–H and O–H groups in total. The van der Waals surface area contributed by atoms with Crippen molar-refractivity contribution in [3.8, 4) is 0 Å². The third kappa shape index (κ3) is 3.83. The molecule has 1 unspecified atom stereocenters. The Morgan fingerprint density at radius 3 is 2.53 bits per heavy atom. The molecule has 0 saturated carbocycles. The standard InChI is InChI=1S/C11H14O3S/c1-8-3-4-10(5-9(8)2)6-15(14)7-11(12)13/h3-5H,6-7H2,1-2H3,(H,12,13). The van der Waals surface area contributed by atoms with Crippen LogP contribution >= 0.6 is 0 Å². The third-order valence-electron chi connectivity index (χ3n) is 2.18. The predicted molar refractivity (Wildman–Crippen MR) is 60.3 cm³/mol. The minimum Gasteiger partial charge on any atom is -0.481 e. The predicted octanol–water partition coefficient (Wildman–Crippen LogP) is 1.64. The van der Waals surface area contributed by atoms with Crippen molar-refractivity contribution in [3.05, 3.63) is 34.9 Å². The zero-order valence-electron chi connectivity index (χ0n) is 8.82. The lowest BCUT2D eigenvalue weighted by Crippen LogP contribution is -2.10. The number of hydrogen-bond donors (Lipinski definition) is 1. The zero-order chi connectivity index (χ0) is 11.4. The van der Waals surface area contributed by atoms with Gasteiger partial charge in [-0.1, -0.05) is 18.2 Å². The van der Waals surface area contributed by atoms with Crippen LogP contribution in [0.1, 0.15) is 16.7 Å². The second-order valence-electron chi connectivity index (χ2n) is 3.54. The highest BCUT2D eigenvalue weighted by Crippen LogP contribution is 2.11. The van der Waals surface area contributed by atoms with Crippen molar-refractivity contribution < 1.29 is 14.1 Å². The van der Waals surface area contributed by atoms with Crippen molar-refractivity contribution in [2.24, 2.45) is 0 Å². The van der Waals surface area contributed by atoms with Crippen LogP contribution in [0.3, 0.4) is 0 Å². The Bertz CT molecular complexity index is 399. The summed E-state index contributed by atoms with van der Waals surface area (Å²) >= 11 is 0. The van der Waals surface area contributed by atoms with E-state index in [0.29, 0.717) is 5.75 Å². The van der Waals surface area contributed by atoms with Crippen LogP contribution in [0, 0.1) is 13.8 Å². The summed E-state index contributed by atoms with van der Waals surface area (Å²) in [4.78, 5) is 10.3. The van der Waals surface area contributed by atoms with E-state index < -0.39 is 16.8 Å². The summed E-state index contributed by atoms with van der Waals surface area (Å²) in [7, 11) is -1.32. The molecule has 0 aliphatic rings. The van der Waals surface area contributed by atoms with E-state index in [1.54, 1.807) is 0 Å². The van der Waals surface area contributed by atoms with Crippen LogP contribution in [0.25, 0.3) is 0 Å². The van der Waals surface area contributed by atoms with Crippen LogP contribution in [-0.2, 0) is 21.3 Å². The van der Waals surface area contributed by atoms with Gasteiger partial charge in [0.2, 0.25) is 0 Å². The molecule has 0 bridgehead atoms. The van der Waals surface area contributed by atoms with Crippen LogP contribution in [0.15, 0.2) is 18.2 Å². The Morgan fingerprint density at radius 1 is 1.33 bits per heavy atom. The Labute approximate surface area is 91.6 Å². The van der Waals surface area contributed by atoms with Crippen molar-refractivity contribution in [2.75, 3.05) is 5.75 Å². The summed E-state index contributed by atoms with van der Waals surface area (Å²) in [5.41, 5.74) is 3.25. The molecule has 4 heteroatoms. The molecule has 0 heterocycles. The van der Waals surface area contributed by atoms with Gasteiger partial charge in [-0.05, 0) is 30.5 Å². The molecule has 1 aromatic carbocycles. The summed E-state index contributed by atoms with van der Waals surface area (Å²) in [6.07, 6.45) is 0. The number of carbonyl (C=O) groups is 1. The van der Waals surface area contributed by atoms with Gasteiger partial charge in [0.25, 0.3) is 0 Å². The van der Waals surface area contributed by atoms with E-state index in [9.17, 15) is 9.00 Å². The first-order valence-electron chi connectivity index (χ1n) is 4.62. The molecule has 0 aliphatic heterocycles. The van der Waals surface area contributed by atoms with Crippen LogP contribution < -0.4 is 0 Å². The number of aryl methyl sites for hydroxylation is 2. The fourth-order valence-electron chi connectivity index (χ4n) is 1.27. The van der Waals surface area contributed by atoms with Crippen LogP contribution in [-0.4, -0.2) is 21.0 Å². The van der Waals surface area contributed by atoms with E-state index >= 15 is 0 Å². The van der Waals surface area contributed by atoms with Gasteiger partial charge in [0.1, 0.15) is 5.75 Å². The van der Waals surface area contributed by atoms with Gasteiger partial charge < -0.3 is 5.11 Å². The number of benzene rings is 1. The molecule has 1 aromatic rings. The Hall–Kier alpha value is -1.16. The SMILES string of the molecule is Cc1ccc(CS(=O)CC(=O)O)cc1C. The summed E-state index contributed by atoms with van der Waals surface area (Å²) in [5, 5.41) is 8.47. The zero-order valence-corrected chi connectivity index (χ0v) is 9.63. The lowest BCUT2D eigenvalue weighted by molar-refractivity contribution is -0.133. The lowest BCUT2D eigenvalue weighted by atomic mass is 10.1. The molecule has 1 rings (SSSR count). The molecule has 3 nitrogen and oxygen atoms in total. The maximum Gasteiger partial charge on any atom is 0.316 e. The molecular weight excluding hydrogens is 212 g/mol. The molecule has 0 aliphatic carbocycles. The van der Waals surface area contributed by atoms with Crippen molar-refractivity contribution in [3.63, 3.8) is 0 Å². The van der Waals surface area contributed by atoms with Gasteiger partial charge in [0, 0.05) is 16.6 Å². The van der Waals surface area contributed by atoms with Gasteiger partial charge in [0.05, 0.1) is 0 Å². The molecule has 0 radical (unpaired) electrons. The minimum absolute atomic E-state index is 0.285. The number of carboxylic acid groups (broad SMARTS) is 1. The van der Waals surface area contributed by atoms with E-state index in [0.717, 1.165) is 11.1 Å². The van der Waals surface area contributed by atoms with Crippen molar-refractivity contribution >= 4 is 16.8 Å². The van der Waals surface area contributed by atoms with E-state index in [-0.39, 0.29) is 5.75 Å². The molecule has 0 amide bonds. The number of aliphatic carboxylic acids is 1. The monoisotopic (exact) mass is 226 g/mol. The second-order valence-corrected chi connectivity index (χ2v) is 5.00. The minimum atomic E-state index is -1.32. The quantitative estimate of drug-likeness (QED) is 0.849. The van der Waals surface area contributed by atoms with Gasteiger partial charge in [-0.15, -0.1) is 0 Å². The highest BCUT2D eigenvalue weighted by atomic mass is 32.2. The average molecular weight is 226 g/mol. The van der Waals surface area contributed by atoms with E-state index in [1.807, 2.05) is 32.0 Å². The number of rotatable bonds is 4. The summed E-state index contributed by atoms with van der Waals surface area (Å²) in [6.45, 7) is 3.99. The molecule has 0 spiro atoms. The first kappa shape index (κ1) is 11.9. The Morgan fingerprint density at radius 2 is 2.00 bits per heavy atom. The largest absolute Gasteiger partial charge is 0.481 e. The molecule has 0 aromatic heterocycles. The van der Waals surface area contributed by atoms with Gasteiger partial charge in [-0.2, -0.15) is 0 Å². The lowest BCUT2D eigenvalue weighted by Gasteiger charge is -2.04. The van der Waals surface area contributed by atoms with E-state index in [2.05, 4.69) is 0 Å². The fraction of sp³-hybridized carbons (Fsp3) is 0.364. The molecule has 0 fully saturated rings. The summed E-state index contributed by atoms with van der Waals surface area (Å²) in [5.74, 6) is -0.988. The van der Waals surface area contributed by atoms with Gasteiger partial charge >= 0.3 is 5.97 Å². The number of hydrogen-bond acceptors (Lipinski definition) is 2. The summed E-state index contributed by atoms with van der Waals surface area (Å²) in [6, 6.07) is 5.81. The normalized spacial score (nSPS) is 12.4. The van der Waals surface area contributed by atoms with Crippen LogP contribution in [0.4, 0.5) is 0 Å². The van der Waals surface area contributed by atoms with Crippen molar-refractivity contribution in [2.45, 2.75) is 19.6 Å². The smallest absolute Gasteiger partial charge is 0.316 e. The highest BCUT2D eigenvalue weighted by Gasteiger charge is 2.07. The molecule has 1 atom stereocenters. The number of carboxylic acids is 1. The third-order valence-corrected chi connectivity index (χ3v) is 3.41. The van der Waals surface area contributed by atoms with Crippen LogP contribution in [0.5, 0.6) is 0 Å². The van der Waals surface area contributed by atoms with Crippen molar-refractivity contribution in [1.82, 2.24) is 0 Å². The van der Waals surface area contributed by atoms with Crippen LogP contribution in [0.2, 0.25) is 0 Å². The van der Waals surface area contributed by atoms with Gasteiger partial charge in [0.15, 0.2) is 0 Å². The van der Waals surface area contributed by atoms with E-state index in [1.165, 1.54) is 5.56 Å². The first-order valence-corrected chi connectivity index (χ1v) is 6.10. The van der Waals surface area contributed by atoms with E-state index in [4.69, 9.17) is 5.11 Å². The van der Waals surface area contributed by atoms with Gasteiger partial charge in [-0.3, -0.25) is 9.00 Å². The summed E-state index contributed by atoms with van der Waals surface area (Å²) < 4.78 is 11.3. The second kappa shape index (κ2) is 5.07. The maximum absolute atomic E-state index is 11.3. The molecule has 82 valence electrons. The first-order chi connectivity index (χ1) is 6.99. The Kier molecular flexibility index (Phi) is 4.03. The Balaban J connectivity index is 2.69. The highest BCUT2D eigenvalue weighted by molar-refractivity contribution is 7.84. The van der Waals surface area contributed by atoms with Crippen molar-refractivity contribution in [1.29, 1.82) is 0 Å². The molecule has 15 heavy (non-hydrogen) atoms. The molecular formula is C11H14O3S.